The summed E-state index contributed by atoms with van der Waals surface area (Å²) < 4.78 is 1.18. The number of fused-ring (bicyclic) bond motifs is 1. The lowest BCUT2D eigenvalue weighted by Gasteiger charge is -2.02. The molecule has 0 radical (unpaired) electrons. The maximum atomic E-state index is 3.52. The molecule has 74 valence electrons. The SMILES string of the molecule is CC.Cc1c(Br)ccc2ccccc12. The third-order valence-corrected chi connectivity index (χ3v) is 2.99. The summed E-state index contributed by atoms with van der Waals surface area (Å²) in [6.45, 7) is 6.13. The highest BCUT2D eigenvalue weighted by molar-refractivity contribution is 9.10. The van der Waals surface area contributed by atoms with Crippen LogP contribution in [0.4, 0.5) is 0 Å². The van der Waals surface area contributed by atoms with Gasteiger partial charge in [0.2, 0.25) is 0 Å². The van der Waals surface area contributed by atoms with Crippen molar-refractivity contribution < 1.29 is 0 Å². The quantitative estimate of drug-likeness (QED) is 0.622. The van der Waals surface area contributed by atoms with E-state index in [1.165, 1.54) is 20.8 Å². The molecule has 2 aromatic carbocycles. The zero-order valence-electron chi connectivity index (χ0n) is 8.84. The lowest BCUT2D eigenvalue weighted by atomic mass is 10.1. The van der Waals surface area contributed by atoms with Crippen molar-refractivity contribution >= 4 is 26.7 Å². The Labute approximate surface area is 94.1 Å². The molecule has 0 unspecified atom stereocenters. The fourth-order valence-corrected chi connectivity index (χ4v) is 1.75. The third kappa shape index (κ3) is 2.16. The number of hydrogen-bond donors (Lipinski definition) is 0. The average Bonchev–Trinajstić information content (AvgIpc) is 2.27. The van der Waals surface area contributed by atoms with Crippen LogP contribution < -0.4 is 0 Å². The largest absolute Gasteiger partial charge is 0.0683 e. The van der Waals surface area contributed by atoms with Gasteiger partial charge in [0.05, 0.1) is 0 Å². The molecule has 2 rings (SSSR count). The van der Waals surface area contributed by atoms with Crippen LogP contribution in [0.25, 0.3) is 10.8 Å². The molecule has 0 saturated carbocycles. The van der Waals surface area contributed by atoms with Gasteiger partial charge >= 0.3 is 0 Å². The van der Waals surface area contributed by atoms with Gasteiger partial charge in [0.1, 0.15) is 0 Å². The van der Waals surface area contributed by atoms with Crippen LogP contribution in [0, 0.1) is 6.92 Å². The predicted octanol–water partition coefficient (Wildman–Crippen LogP) is 4.94. The highest BCUT2D eigenvalue weighted by Crippen LogP contribution is 2.24. The average molecular weight is 251 g/mol. The molecule has 0 fully saturated rings. The van der Waals surface area contributed by atoms with Crippen LogP contribution in [0.3, 0.4) is 0 Å². The maximum absolute atomic E-state index is 3.52. The molecule has 2 aromatic rings. The van der Waals surface area contributed by atoms with Crippen molar-refractivity contribution in [3.05, 3.63) is 46.4 Å². The first-order valence-corrected chi connectivity index (χ1v) is 5.72. The lowest BCUT2D eigenvalue weighted by molar-refractivity contribution is 1.49. The van der Waals surface area contributed by atoms with E-state index in [4.69, 9.17) is 0 Å². The molecular weight excluding hydrogens is 236 g/mol. The minimum atomic E-state index is 1.18. The Morgan fingerprint density at radius 3 is 2.29 bits per heavy atom. The maximum Gasteiger partial charge on any atom is 0.0210 e. The Bertz CT molecular complexity index is 419. The second-order valence-electron chi connectivity index (χ2n) is 2.89. The van der Waals surface area contributed by atoms with Gasteiger partial charge in [-0.05, 0) is 29.3 Å². The summed E-state index contributed by atoms with van der Waals surface area (Å²) in [6.07, 6.45) is 0. The number of aryl methyl sites for hydroxylation is 1. The third-order valence-electron chi connectivity index (χ3n) is 2.13. The summed E-state index contributed by atoms with van der Waals surface area (Å²) in [5.74, 6) is 0. The molecule has 0 aliphatic heterocycles. The molecule has 0 aliphatic rings. The number of benzene rings is 2. The van der Waals surface area contributed by atoms with Crippen molar-refractivity contribution in [2.75, 3.05) is 0 Å². The molecule has 0 N–H and O–H groups in total. The first-order valence-electron chi connectivity index (χ1n) is 4.93. The molecule has 0 aliphatic carbocycles. The molecule has 0 bridgehead atoms. The summed E-state index contributed by atoms with van der Waals surface area (Å²) in [4.78, 5) is 0. The van der Waals surface area contributed by atoms with Crippen LogP contribution in [0.5, 0.6) is 0 Å². The molecular formula is C13H15Br. The zero-order chi connectivity index (χ0) is 10.6. The van der Waals surface area contributed by atoms with Gasteiger partial charge in [0, 0.05) is 4.47 Å². The Hall–Kier alpha value is -0.820. The van der Waals surface area contributed by atoms with Crippen molar-refractivity contribution in [1.82, 2.24) is 0 Å². The molecule has 0 amide bonds. The Kier molecular flexibility index (Phi) is 4.15. The molecule has 0 atom stereocenters. The van der Waals surface area contributed by atoms with Gasteiger partial charge in [-0.3, -0.25) is 0 Å². The predicted molar refractivity (Wildman–Crippen MR) is 67.7 cm³/mol. The first-order chi connectivity index (χ1) is 6.79. The fourth-order valence-electron chi connectivity index (χ4n) is 1.40. The topological polar surface area (TPSA) is 0 Å². The van der Waals surface area contributed by atoms with Gasteiger partial charge < -0.3 is 0 Å². The monoisotopic (exact) mass is 250 g/mol. The Morgan fingerprint density at radius 1 is 0.929 bits per heavy atom. The van der Waals surface area contributed by atoms with Crippen LogP contribution >= 0.6 is 15.9 Å². The number of hydrogen-bond acceptors (Lipinski definition) is 0. The summed E-state index contributed by atoms with van der Waals surface area (Å²) in [5.41, 5.74) is 1.31. The van der Waals surface area contributed by atoms with Crippen LogP contribution in [0.1, 0.15) is 19.4 Å². The minimum absolute atomic E-state index is 1.18. The zero-order valence-corrected chi connectivity index (χ0v) is 10.4. The Balaban J connectivity index is 0.000000461. The van der Waals surface area contributed by atoms with Gasteiger partial charge in [0.15, 0.2) is 0 Å². The van der Waals surface area contributed by atoms with E-state index in [1.807, 2.05) is 13.8 Å². The molecule has 0 spiro atoms. The van der Waals surface area contributed by atoms with Crippen LogP contribution in [0.15, 0.2) is 40.9 Å². The highest BCUT2D eigenvalue weighted by atomic mass is 79.9. The van der Waals surface area contributed by atoms with E-state index in [-0.39, 0.29) is 0 Å². The summed E-state index contributed by atoms with van der Waals surface area (Å²) in [6, 6.07) is 12.6. The molecule has 0 nitrogen and oxygen atoms in total. The molecule has 14 heavy (non-hydrogen) atoms. The summed E-state index contributed by atoms with van der Waals surface area (Å²) >= 11 is 3.52. The van der Waals surface area contributed by atoms with Crippen molar-refractivity contribution in [2.24, 2.45) is 0 Å². The van der Waals surface area contributed by atoms with Crippen LogP contribution in [-0.2, 0) is 0 Å². The van der Waals surface area contributed by atoms with E-state index in [0.29, 0.717) is 0 Å². The van der Waals surface area contributed by atoms with Crippen molar-refractivity contribution in [3.63, 3.8) is 0 Å². The highest BCUT2D eigenvalue weighted by Gasteiger charge is 1.98. The van der Waals surface area contributed by atoms with Crippen molar-refractivity contribution in [2.45, 2.75) is 20.8 Å². The fraction of sp³-hybridized carbons (Fsp3) is 0.231. The van der Waals surface area contributed by atoms with Gasteiger partial charge in [-0.25, -0.2) is 0 Å². The second kappa shape index (κ2) is 5.16. The second-order valence-corrected chi connectivity index (χ2v) is 3.75. The van der Waals surface area contributed by atoms with E-state index >= 15 is 0 Å². The normalized spacial score (nSPS) is 9.43. The van der Waals surface area contributed by atoms with E-state index in [9.17, 15) is 0 Å². The molecule has 0 heterocycles. The van der Waals surface area contributed by atoms with Crippen LogP contribution in [-0.4, -0.2) is 0 Å². The smallest absolute Gasteiger partial charge is 0.0210 e. The van der Waals surface area contributed by atoms with Crippen molar-refractivity contribution in [1.29, 1.82) is 0 Å². The first kappa shape index (κ1) is 11.3. The van der Waals surface area contributed by atoms with E-state index in [1.54, 1.807) is 0 Å². The number of halogens is 1. The summed E-state index contributed by atoms with van der Waals surface area (Å²) in [5, 5.41) is 2.63. The Morgan fingerprint density at radius 2 is 1.57 bits per heavy atom. The molecule has 1 heteroatoms. The van der Waals surface area contributed by atoms with Gasteiger partial charge in [-0.15, -0.1) is 0 Å². The van der Waals surface area contributed by atoms with Gasteiger partial charge in [0.25, 0.3) is 0 Å². The van der Waals surface area contributed by atoms with E-state index < -0.39 is 0 Å². The minimum Gasteiger partial charge on any atom is -0.0683 e. The van der Waals surface area contributed by atoms with E-state index in [2.05, 4.69) is 59.3 Å². The number of rotatable bonds is 0. The van der Waals surface area contributed by atoms with Gasteiger partial charge in [-0.1, -0.05) is 60.1 Å². The summed E-state index contributed by atoms with van der Waals surface area (Å²) in [7, 11) is 0. The standard InChI is InChI=1S/C11H9Br.C2H6/c1-8-10-5-3-2-4-9(10)6-7-11(8)12;1-2/h2-7H,1H3;1-2H3. The van der Waals surface area contributed by atoms with E-state index in [0.717, 1.165) is 0 Å². The lowest BCUT2D eigenvalue weighted by Crippen LogP contribution is -1.78. The van der Waals surface area contributed by atoms with Crippen molar-refractivity contribution in [3.8, 4) is 0 Å². The molecule has 0 saturated heterocycles. The van der Waals surface area contributed by atoms with Gasteiger partial charge in [-0.2, -0.15) is 0 Å². The van der Waals surface area contributed by atoms with Crippen LogP contribution in [0.2, 0.25) is 0 Å². The molecule has 0 aromatic heterocycles.